The zero-order valence-corrected chi connectivity index (χ0v) is 16.6. The van der Waals surface area contributed by atoms with E-state index >= 15 is 0 Å². The van der Waals surface area contributed by atoms with E-state index in [1.165, 1.54) is 12.8 Å². The highest BCUT2D eigenvalue weighted by atomic mass is 16.2. The summed E-state index contributed by atoms with van der Waals surface area (Å²) in [7, 11) is 0. The monoisotopic (exact) mass is 389 g/mol. The molecule has 0 saturated carbocycles. The number of imide groups is 2. The van der Waals surface area contributed by atoms with E-state index in [0.717, 1.165) is 40.4 Å². The van der Waals surface area contributed by atoms with Crippen LogP contribution >= 0.6 is 0 Å². The summed E-state index contributed by atoms with van der Waals surface area (Å²) in [6.45, 7) is 5.94. The quantitative estimate of drug-likeness (QED) is 0.644. The van der Waals surface area contributed by atoms with E-state index in [2.05, 4.69) is 16.3 Å². The van der Waals surface area contributed by atoms with Crippen molar-refractivity contribution in [1.29, 1.82) is 0 Å². The number of benzene rings is 2. The molecule has 2 saturated heterocycles. The van der Waals surface area contributed by atoms with E-state index in [-0.39, 0.29) is 5.57 Å². The van der Waals surface area contributed by atoms with Gasteiger partial charge in [-0.25, -0.2) is 9.69 Å². The Hall–Kier alpha value is -3.41. The molecule has 2 fully saturated rings. The van der Waals surface area contributed by atoms with Crippen molar-refractivity contribution in [3.8, 4) is 0 Å². The Balaban J connectivity index is 1.67. The van der Waals surface area contributed by atoms with Gasteiger partial charge in [0.25, 0.3) is 11.8 Å². The summed E-state index contributed by atoms with van der Waals surface area (Å²) in [5, 5.41) is 2.27. The van der Waals surface area contributed by atoms with Gasteiger partial charge in [-0.3, -0.25) is 14.9 Å². The van der Waals surface area contributed by atoms with Gasteiger partial charge in [-0.2, -0.15) is 0 Å². The minimum atomic E-state index is -0.733. The van der Waals surface area contributed by atoms with Crippen LogP contribution in [0, 0.1) is 13.8 Å². The van der Waals surface area contributed by atoms with Gasteiger partial charge in [-0.1, -0.05) is 18.2 Å². The molecule has 2 aliphatic heterocycles. The van der Waals surface area contributed by atoms with Gasteiger partial charge in [0.05, 0.1) is 5.69 Å². The van der Waals surface area contributed by atoms with Crippen molar-refractivity contribution in [2.24, 2.45) is 0 Å². The smallest absolute Gasteiger partial charge is 0.335 e. The van der Waals surface area contributed by atoms with Crippen molar-refractivity contribution < 1.29 is 14.4 Å². The normalized spacial score (nSPS) is 18.6. The number of carbonyl (C=O) groups excluding carboxylic acids is 3. The molecule has 0 unspecified atom stereocenters. The minimum Gasteiger partial charge on any atom is -0.372 e. The maximum absolute atomic E-state index is 13.0. The van der Waals surface area contributed by atoms with Crippen LogP contribution in [0.4, 0.5) is 16.2 Å². The molecule has 4 rings (SSSR count). The van der Waals surface area contributed by atoms with E-state index < -0.39 is 17.8 Å². The van der Waals surface area contributed by atoms with Gasteiger partial charge < -0.3 is 4.90 Å². The molecule has 2 aromatic carbocycles. The van der Waals surface area contributed by atoms with Gasteiger partial charge in [-0.15, -0.1) is 0 Å². The van der Waals surface area contributed by atoms with Gasteiger partial charge in [0.2, 0.25) is 0 Å². The summed E-state index contributed by atoms with van der Waals surface area (Å²) in [6.07, 6.45) is 3.96. The third kappa shape index (κ3) is 3.66. The summed E-state index contributed by atoms with van der Waals surface area (Å²) < 4.78 is 0. The molecule has 0 spiro atoms. The van der Waals surface area contributed by atoms with E-state index in [1.807, 2.05) is 32.0 Å². The molecule has 148 valence electrons. The summed E-state index contributed by atoms with van der Waals surface area (Å²) in [4.78, 5) is 41.1. The first-order chi connectivity index (χ1) is 13.9. The molecule has 6 heteroatoms. The Labute approximate surface area is 169 Å². The van der Waals surface area contributed by atoms with Crippen molar-refractivity contribution in [2.45, 2.75) is 26.7 Å². The fourth-order valence-electron chi connectivity index (χ4n) is 3.81. The van der Waals surface area contributed by atoms with Crippen LogP contribution in [0.5, 0.6) is 0 Å². The first-order valence-corrected chi connectivity index (χ1v) is 9.78. The summed E-state index contributed by atoms with van der Waals surface area (Å²) in [5.74, 6) is -1.29. The molecule has 0 radical (unpaired) electrons. The molecular formula is C23H23N3O3. The molecule has 2 heterocycles. The van der Waals surface area contributed by atoms with Crippen molar-refractivity contribution in [2.75, 3.05) is 22.9 Å². The molecule has 2 aliphatic rings. The van der Waals surface area contributed by atoms with Crippen LogP contribution in [0.3, 0.4) is 0 Å². The van der Waals surface area contributed by atoms with Crippen molar-refractivity contribution in [3.05, 3.63) is 64.7 Å². The SMILES string of the molecule is Cc1cccc(N2C(=O)NC(=O)/C(=C\c3ccc(N4CCCC4)cc3C)C2=O)c1. The predicted molar refractivity (Wildman–Crippen MR) is 113 cm³/mol. The number of hydrogen-bond donors (Lipinski definition) is 1. The highest BCUT2D eigenvalue weighted by Gasteiger charge is 2.36. The fraction of sp³-hybridized carbons (Fsp3) is 0.261. The molecule has 0 aromatic heterocycles. The number of aryl methyl sites for hydroxylation is 2. The third-order valence-corrected chi connectivity index (χ3v) is 5.39. The second-order valence-corrected chi connectivity index (χ2v) is 7.53. The second kappa shape index (κ2) is 7.54. The van der Waals surface area contributed by atoms with E-state index in [1.54, 1.807) is 24.3 Å². The first kappa shape index (κ1) is 18.9. The Morgan fingerprint density at radius 2 is 1.69 bits per heavy atom. The largest absolute Gasteiger partial charge is 0.372 e. The Morgan fingerprint density at radius 1 is 0.931 bits per heavy atom. The van der Waals surface area contributed by atoms with Gasteiger partial charge in [0, 0.05) is 18.8 Å². The molecule has 2 aromatic rings. The number of barbiturate groups is 1. The standard InChI is InChI=1S/C23H23N3O3/c1-15-6-5-7-19(12-15)26-22(28)20(21(27)24-23(26)29)14-17-8-9-18(13-16(17)2)25-10-3-4-11-25/h5-9,12-14H,3-4,10-11H2,1-2H3,(H,24,27,29)/b20-14+. The number of nitrogens with one attached hydrogen (secondary N) is 1. The Bertz CT molecular complexity index is 1040. The molecule has 0 aliphatic carbocycles. The zero-order valence-electron chi connectivity index (χ0n) is 16.6. The predicted octanol–water partition coefficient (Wildman–Crippen LogP) is 3.57. The molecule has 6 nitrogen and oxygen atoms in total. The van der Waals surface area contributed by atoms with Crippen LogP contribution in [0.25, 0.3) is 6.08 Å². The van der Waals surface area contributed by atoms with Crippen LogP contribution in [-0.2, 0) is 9.59 Å². The second-order valence-electron chi connectivity index (χ2n) is 7.53. The van der Waals surface area contributed by atoms with Crippen molar-refractivity contribution in [1.82, 2.24) is 5.32 Å². The molecule has 4 amide bonds. The molecule has 0 atom stereocenters. The number of rotatable bonds is 3. The van der Waals surface area contributed by atoms with E-state index in [9.17, 15) is 14.4 Å². The number of hydrogen-bond acceptors (Lipinski definition) is 4. The number of amides is 4. The molecule has 1 N–H and O–H groups in total. The van der Waals surface area contributed by atoms with Gasteiger partial charge in [-0.05, 0) is 73.7 Å². The number of anilines is 2. The fourth-order valence-corrected chi connectivity index (χ4v) is 3.81. The van der Waals surface area contributed by atoms with Crippen molar-refractivity contribution >= 4 is 35.3 Å². The van der Waals surface area contributed by atoms with Crippen LogP contribution < -0.4 is 15.1 Å². The lowest BCUT2D eigenvalue weighted by Crippen LogP contribution is -2.54. The number of urea groups is 1. The molecular weight excluding hydrogens is 366 g/mol. The lowest BCUT2D eigenvalue weighted by Gasteiger charge is -2.26. The van der Waals surface area contributed by atoms with Crippen LogP contribution in [0.15, 0.2) is 48.0 Å². The van der Waals surface area contributed by atoms with Gasteiger partial charge in [0.15, 0.2) is 0 Å². The average molecular weight is 389 g/mol. The third-order valence-electron chi connectivity index (χ3n) is 5.39. The highest BCUT2D eigenvalue weighted by molar-refractivity contribution is 6.39. The van der Waals surface area contributed by atoms with E-state index in [4.69, 9.17) is 0 Å². The zero-order chi connectivity index (χ0) is 20.5. The maximum Gasteiger partial charge on any atom is 0.335 e. The van der Waals surface area contributed by atoms with Crippen LogP contribution in [0.2, 0.25) is 0 Å². The lowest BCUT2D eigenvalue weighted by molar-refractivity contribution is -0.122. The first-order valence-electron chi connectivity index (χ1n) is 9.78. The van der Waals surface area contributed by atoms with E-state index in [0.29, 0.717) is 5.69 Å². The topological polar surface area (TPSA) is 69.7 Å². The summed E-state index contributed by atoms with van der Waals surface area (Å²) in [6, 6.07) is 12.3. The lowest BCUT2D eigenvalue weighted by atomic mass is 10.0. The molecule has 0 bridgehead atoms. The van der Waals surface area contributed by atoms with Gasteiger partial charge >= 0.3 is 6.03 Å². The van der Waals surface area contributed by atoms with Crippen LogP contribution in [-0.4, -0.2) is 30.9 Å². The highest BCUT2D eigenvalue weighted by Crippen LogP contribution is 2.26. The van der Waals surface area contributed by atoms with Crippen molar-refractivity contribution in [3.63, 3.8) is 0 Å². The number of carbonyl (C=O) groups is 3. The summed E-state index contributed by atoms with van der Waals surface area (Å²) in [5.41, 5.74) is 4.21. The number of nitrogens with zero attached hydrogens (tertiary/aromatic N) is 2. The molecule has 29 heavy (non-hydrogen) atoms. The Kier molecular flexibility index (Phi) is 4.92. The average Bonchev–Trinajstić information content (AvgIpc) is 3.21. The van der Waals surface area contributed by atoms with Crippen LogP contribution in [0.1, 0.15) is 29.5 Å². The maximum atomic E-state index is 13.0. The minimum absolute atomic E-state index is 0.0527. The Morgan fingerprint density at radius 3 is 2.38 bits per heavy atom. The van der Waals surface area contributed by atoms with Gasteiger partial charge in [0.1, 0.15) is 5.57 Å². The summed E-state index contributed by atoms with van der Waals surface area (Å²) >= 11 is 0.